The van der Waals surface area contributed by atoms with Crippen molar-refractivity contribution in [3.8, 4) is 17.2 Å². The predicted molar refractivity (Wildman–Crippen MR) is 112 cm³/mol. The molecule has 5 heteroatoms. The first-order chi connectivity index (χ1) is 13.5. The zero-order chi connectivity index (χ0) is 20.3. The fourth-order valence-electron chi connectivity index (χ4n) is 3.44. The van der Waals surface area contributed by atoms with E-state index >= 15 is 0 Å². The van der Waals surface area contributed by atoms with Gasteiger partial charge in [0.05, 0.1) is 25.9 Å². The number of anilines is 1. The van der Waals surface area contributed by atoms with Gasteiger partial charge in [0.25, 0.3) is 0 Å². The molecule has 0 aliphatic carbocycles. The van der Waals surface area contributed by atoms with E-state index in [-0.39, 0.29) is 5.78 Å². The van der Waals surface area contributed by atoms with Crippen LogP contribution < -0.4 is 14.8 Å². The normalized spacial score (nSPS) is 11.8. The Morgan fingerprint density at radius 2 is 1.71 bits per heavy atom. The summed E-state index contributed by atoms with van der Waals surface area (Å²) in [7, 11) is 3.20. The van der Waals surface area contributed by atoms with Gasteiger partial charge in [0.15, 0.2) is 5.78 Å². The second-order valence-electron chi connectivity index (χ2n) is 6.75. The molecule has 0 bridgehead atoms. The first-order valence-electron chi connectivity index (χ1n) is 9.23. The molecule has 146 valence electrons. The van der Waals surface area contributed by atoms with Gasteiger partial charge in [-0.05, 0) is 51.1 Å². The van der Waals surface area contributed by atoms with Gasteiger partial charge in [-0.3, -0.25) is 4.79 Å². The minimum Gasteiger partial charge on any atom is -0.497 e. The summed E-state index contributed by atoms with van der Waals surface area (Å²) in [5, 5.41) is 3.27. The molecule has 0 spiro atoms. The van der Waals surface area contributed by atoms with E-state index < -0.39 is 6.04 Å². The van der Waals surface area contributed by atoms with Crippen molar-refractivity contribution in [3.05, 3.63) is 71.5 Å². The van der Waals surface area contributed by atoms with Crippen LogP contribution >= 0.6 is 0 Å². The lowest BCUT2D eigenvalue weighted by Crippen LogP contribution is -2.26. The number of carbonyl (C=O) groups is 1. The first kappa shape index (κ1) is 19.5. The number of aromatic nitrogens is 1. The Hall–Kier alpha value is -3.21. The minimum atomic E-state index is -0.410. The summed E-state index contributed by atoms with van der Waals surface area (Å²) in [5.74, 6) is 1.37. The monoisotopic (exact) mass is 378 g/mol. The van der Waals surface area contributed by atoms with Gasteiger partial charge in [-0.15, -0.1) is 0 Å². The Morgan fingerprint density at radius 3 is 2.36 bits per heavy atom. The van der Waals surface area contributed by atoms with Gasteiger partial charge in [-0.25, -0.2) is 0 Å². The third-order valence-electron chi connectivity index (χ3n) is 4.88. The van der Waals surface area contributed by atoms with Gasteiger partial charge >= 0.3 is 0 Å². The third kappa shape index (κ3) is 3.74. The van der Waals surface area contributed by atoms with Gasteiger partial charge in [0.2, 0.25) is 0 Å². The van der Waals surface area contributed by atoms with E-state index in [2.05, 4.69) is 9.88 Å². The number of carbonyl (C=O) groups excluding carboxylic acids is 1. The Bertz CT molecular complexity index is 977. The van der Waals surface area contributed by atoms with Crippen LogP contribution in [0.4, 0.5) is 5.69 Å². The molecule has 0 fully saturated rings. The highest BCUT2D eigenvalue weighted by molar-refractivity contribution is 6.02. The average Bonchev–Trinajstić information content (AvgIpc) is 3.02. The van der Waals surface area contributed by atoms with Gasteiger partial charge in [0.1, 0.15) is 11.5 Å². The largest absolute Gasteiger partial charge is 0.497 e. The maximum atomic E-state index is 13.1. The molecule has 3 rings (SSSR count). The quantitative estimate of drug-likeness (QED) is 0.600. The van der Waals surface area contributed by atoms with Crippen LogP contribution in [0, 0.1) is 13.8 Å². The summed E-state index contributed by atoms with van der Waals surface area (Å²) in [6.45, 7) is 5.86. The number of hydrogen-bond donors (Lipinski definition) is 1. The first-order valence-corrected chi connectivity index (χ1v) is 9.23. The number of nitrogens with one attached hydrogen (secondary N) is 1. The molecule has 0 saturated heterocycles. The fraction of sp³-hybridized carbons (Fsp3) is 0.261. The molecular weight excluding hydrogens is 352 g/mol. The van der Waals surface area contributed by atoms with Crippen LogP contribution in [0.1, 0.15) is 28.7 Å². The van der Waals surface area contributed by atoms with Crippen LogP contribution in [-0.4, -0.2) is 30.6 Å². The third-order valence-corrected chi connectivity index (χ3v) is 4.88. The number of benzene rings is 2. The number of methoxy groups -OCH3 is 2. The van der Waals surface area contributed by atoms with E-state index in [1.807, 2.05) is 69.3 Å². The van der Waals surface area contributed by atoms with Gasteiger partial charge in [-0.1, -0.05) is 18.2 Å². The summed E-state index contributed by atoms with van der Waals surface area (Å²) < 4.78 is 12.8. The van der Waals surface area contributed by atoms with Crippen molar-refractivity contribution >= 4 is 11.5 Å². The fourth-order valence-corrected chi connectivity index (χ4v) is 3.44. The van der Waals surface area contributed by atoms with Crippen LogP contribution in [0.2, 0.25) is 0 Å². The van der Waals surface area contributed by atoms with E-state index in [1.54, 1.807) is 20.3 Å². The number of nitrogens with zero attached hydrogens (tertiary/aromatic N) is 1. The van der Waals surface area contributed by atoms with Crippen LogP contribution in [0.5, 0.6) is 11.5 Å². The van der Waals surface area contributed by atoms with E-state index in [4.69, 9.17) is 9.47 Å². The maximum absolute atomic E-state index is 13.1. The number of para-hydroxylation sites is 1. The summed E-state index contributed by atoms with van der Waals surface area (Å²) >= 11 is 0. The molecule has 1 unspecified atom stereocenters. The van der Waals surface area contributed by atoms with E-state index in [0.29, 0.717) is 17.1 Å². The topological polar surface area (TPSA) is 52.5 Å². The number of aryl methyl sites for hydroxylation is 1. The number of hydrogen-bond acceptors (Lipinski definition) is 4. The summed E-state index contributed by atoms with van der Waals surface area (Å²) in [4.78, 5) is 13.1. The Kier molecular flexibility index (Phi) is 5.73. The molecule has 0 amide bonds. The highest BCUT2D eigenvalue weighted by atomic mass is 16.5. The molecule has 1 atom stereocenters. The van der Waals surface area contributed by atoms with Gasteiger partial charge < -0.3 is 19.4 Å². The van der Waals surface area contributed by atoms with Crippen molar-refractivity contribution in [1.82, 2.24) is 4.57 Å². The molecule has 0 aliphatic rings. The van der Waals surface area contributed by atoms with E-state index in [1.165, 1.54) is 0 Å². The highest BCUT2D eigenvalue weighted by Gasteiger charge is 2.22. The number of ketones is 1. The molecular formula is C23H26N2O3. The summed E-state index contributed by atoms with van der Waals surface area (Å²) in [6, 6.07) is 17.1. The van der Waals surface area contributed by atoms with Crippen molar-refractivity contribution in [2.45, 2.75) is 26.8 Å². The van der Waals surface area contributed by atoms with Crippen molar-refractivity contribution in [2.24, 2.45) is 0 Å². The molecule has 0 aliphatic heterocycles. The lowest BCUT2D eigenvalue weighted by atomic mass is 10.1. The predicted octanol–water partition coefficient (Wildman–Crippen LogP) is 4.79. The lowest BCUT2D eigenvalue weighted by Gasteiger charge is -2.17. The molecule has 2 aromatic carbocycles. The summed E-state index contributed by atoms with van der Waals surface area (Å²) in [5.41, 5.74) is 4.48. The van der Waals surface area contributed by atoms with Crippen LogP contribution in [0.25, 0.3) is 5.69 Å². The standard InChI is InChI=1S/C23H26N2O3/c1-15-13-20(17(3)25(15)18-9-7-6-8-10-18)23(26)16(2)24-21-12-11-19(27-4)14-22(21)28-5/h6-14,16,24H,1-5H3. The van der Waals surface area contributed by atoms with Crippen molar-refractivity contribution in [3.63, 3.8) is 0 Å². The zero-order valence-corrected chi connectivity index (χ0v) is 16.9. The summed E-state index contributed by atoms with van der Waals surface area (Å²) in [6.07, 6.45) is 0. The van der Waals surface area contributed by atoms with Crippen LogP contribution in [0.15, 0.2) is 54.6 Å². The molecule has 3 aromatic rings. The van der Waals surface area contributed by atoms with E-state index in [0.717, 1.165) is 22.8 Å². The van der Waals surface area contributed by atoms with Crippen LogP contribution in [-0.2, 0) is 0 Å². The second-order valence-corrected chi connectivity index (χ2v) is 6.75. The van der Waals surface area contributed by atoms with E-state index in [9.17, 15) is 4.79 Å². The molecule has 1 N–H and O–H groups in total. The SMILES string of the molecule is COc1ccc(NC(C)C(=O)c2cc(C)n(-c3ccccc3)c2C)c(OC)c1. The van der Waals surface area contributed by atoms with Gasteiger partial charge in [-0.2, -0.15) is 0 Å². The van der Waals surface area contributed by atoms with Crippen molar-refractivity contribution < 1.29 is 14.3 Å². The maximum Gasteiger partial charge on any atom is 0.186 e. The molecule has 0 radical (unpaired) electrons. The molecule has 1 heterocycles. The lowest BCUT2D eigenvalue weighted by molar-refractivity contribution is 0.0975. The molecule has 1 aromatic heterocycles. The van der Waals surface area contributed by atoms with Crippen molar-refractivity contribution in [1.29, 1.82) is 0 Å². The van der Waals surface area contributed by atoms with Crippen molar-refractivity contribution in [2.75, 3.05) is 19.5 Å². The molecule has 28 heavy (non-hydrogen) atoms. The second kappa shape index (κ2) is 8.21. The Labute approximate surface area is 165 Å². The number of rotatable bonds is 7. The minimum absolute atomic E-state index is 0.0353. The average molecular weight is 378 g/mol. The zero-order valence-electron chi connectivity index (χ0n) is 16.9. The molecule has 5 nitrogen and oxygen atoms in total. The smallest absolute Gasteiger partial charge is 0.186 e. The Morgan fingerprint density at radius 1 is 1.00 bits per heavy atom. The highest BCUT2D eigenvalue weighted by Crippen LogP contribution is 2.30. The Balaban J connectivity index is 1.87. The van der Waals surface area contributed by atoms with Crippen LogP contribution in [0.3, 0.4) is 0 Å². The number of Topliss-reactive ketones (excluding diaryl/α,β-unsaturated/α-hetero) is 1. The molecule has 0 saturated carbocycles. The van der Waals surface area contributed by atoms with Gasteiger partial charge in [0, 0.05) is 28.7 Å². The number of ether oxygens (including phenoxy) is 2.